The summed E-state index contributed by atoms with van der Waals surface area (Å²) in [6.07, 6.45) is 0.788. The molecule has 2 atom stereocenters. The highest BCUT2D eigenvalue weighted by molar-refractivity contribution is 6.30. The fourth-order valence-corrected chi connectivity index (χ4v) is 4.62. The van der Waals surface area contributed by atoms with Crippen LogP contribution in [-0.4, -0.2) is 39.4 Å². The van der Waals surface area contributed by atoms with E-state index in [0.717, 1.165) is 18.4 Å². The molecule has 6 nitrogen and oxygen atoms in total. The van der Waals surface area contributed by atoms with Crippen molar-refractivity contribution in [3.63, 3.8) is 0 Å². The van der Waals surface area contributed by atoms with Crippen LogP contribution in [-0.2, 0) is 17.6 Å². The molecule has 0 bridgehead atoms. The van der Waals surface area contributed by atoms with Gasteiger partial charge in [0.2, 0.25) is 0 Å². The number of hydrogen-bond donors (Lipinski definition) is 2. The van der Waals surface area contributed by atoms with Gasteiger partial charge in [0, 0.05) is 17.1 Å². The first-order chi connectivity index (χ1) is 17.1. The van der Waals surface area contributed by atoms with Crippen molar-refractivity contribution in [2.24, 2.45) is 0 Å². The smallest absolute Gasteiger partial charge is 0.410 e. The van der Waals surface area contributed by atoms with Gasteiger partial charge in [0.25, 0.3) is 0 Å². The van der Waals surface area contributed by atoms with E-state index in [2.05, 4.69) is 0 Å². The lowest BCUT2D eigenvalue weighted by molar-refractivity contribution is 0.00195. The number of phenolic OH excluding ortho intramolecular Hbond substituents is 1. The predicted octanol–water partition coefficient (Wildman–Crippen LogP) is 6.67. The maximum Gasteiger partial charge on any atom is 0.410 e. The quantitative estimate of drug-likeness (QED) is 0.388. The van der Waals surface area contributed by atoms with Gasteiger partial charge in [0.1, 0.15) is 22.8 Å². The number of aryl methyl sites for hydroxylation is 1. The Kier molecular flexibility index (Phi) is 7.76. The average molecular weight is 510 g/mol. The summed E-state index contributed by atoms with van der Waals surface area (Å²) >= 11 is 6.12. The summed E-state index contributed by atoms with van der Waals surface area (Å²) < 4.78 is 11.7. The topological polar surface area (TPSA) is 79.2 Å². The third kappa shape index (κ3) is 6.71. The molecule has 4 rings (SSSR count). The highest BCUT2D eigenvalue weighted by Crippen LogP contribution is 2.32. The second-order valence-corrected chi connectivity index (χ2v) is 10.6. The van der Waals surface area contributed by atoms with E-state index in [4.69, 9.17) is 21.1 Å². The van der Waals surface area contributed by atoms with Crippen LogP contribution < -0.4 is 4.74 Å². The number of benzene rings is 3. The number of aliphatic hydroxyl groups is 1. The molecule has 3 aromatic carbocycles. The number of fused-ring (bicyclic) bond motifs is 1. The maximum atomic E-state index is 13.3. The number of halogens is 1. The van der Waals surface area contributed by atoms with Crippen molar-refractivity contribution in [2.45, 2.75) is 57.8 Å². The first-order valence-electron chi connectivity index (χ1n) is 12.1. The number of aliphatic hydroxyl groups excluding tert-OH is 1. The minimum atomic E-state index is -0.905. The molecule has 3 aromatic rings. The van der Waals surface area contributed by atoms with Crippen LogP contribution in [0.5, 0.6) is 17.2 Å². The molecular formula is C29H32ClNO5. The van der Waals surface area contributed by atoms with Crippen molar-refractivity contribution in [3.8, 4) is 17.2 Å². The van der Waals surface area contributed by atoms with Crippen molar-refractivity contribution in [3.05, 3.63) is 88.4 Å². The number of carbonyl (C=O) groups is 1. The minimum Gasteiger partial charge on any atom is -0.508 e. The molecule has 0 aromatic heterocycles. The molecule has 7 heteroatoms. The van der Waals surface area contributed by atoms with Gasteiger partial charge >= 0.3 is 6.09 Å². The summed E-state index contributed by atoms with van der Waals surface area (Å²) in [6.45, 7) is 5.58. The number of hydrogen-bond acceptors (Lipinski definition) is 5. The van der Waals surface area contributed by atoms with Crippen molar-refractivity contribution in [1.29, 1.82) is 0 Å². The molecule has 0 fully saturated rings. The highest BCUT2D eigenvalue weighted by atomic mass is 35.5. The van der Waals surface area contributed by atoms with Gasteiger partial charge in [-0.3, -0.25) is 0 Å². The Balaban J connectivity index is 1.56. The third-order valence-corrected chi connectivity index (χ3v) is 6.34. The Bertz CT molecular complexity index is 1220. The van der Waals surface area contributed by atoms with Gasteiger partial charge in [-0.2, -0.15) is 0 Å². The molecular weight excluding hydrogens is 478 g/mol. The minimum absolute atomic E-state index is 0.0920. The Morgan fingerprint density at radius 2 is 1.81 bits per heavy atom. The van der Waals surface area contributed by atoms with Gasteiger partial charge in [0.15, 0.2) is 0 Å². The third-order valence-electron chi connectivity index (χ3n) is 6.11. The number of phenols is 1. The zero-order chi connectivity index (χ0) is 25.9. The average Bonchev–Trinajstić information content (AvgIpc) is 2.81. The normalized spacial score (nSPS) is 16.1. The van der Waals surface area contributed by atoms with Gasteiger partial charge < -0.3 is 24.6 Å². The molecule has 1 amide bonds. The number of nitrogens with zero attached hydrogens (tertiary/aromatic N) is 1. The molecule has 0 radical (unpaired) electrons. The van der Waals surface area contributed by atoms with Crippen LogP contribution in [0.15, 0.2) is 66.7 Å². The standard InChI is InChI=1S/C29H32ClNO5/c1-29(2,3)36-28(34)31(18-27(33)20-6-4-7-22(30)14-20)23-12-10-19-11-13-26(16-21(19)15-23)35-25-9-5-8-24(32)17-25/h4-9,11,13-14,16-17,23,27,32-33H,10,12,15,18H2,1-3H3/t23-,27+/m0/s1. The molecule has 190 valence electrons. The second-order valence-electron chi connectivity index (χ2n) is 10.1. The Morgan fingerprint density at radius 3 is 2.53 bits per heavy atom. The number of rotatable bonds is 6. The first-order valence-corrected chi connectivity index (χ1v) is 12.5. The van der Waals surface area contributed by atoms with Crippen LogP contribution in [0.4, 0.5) is 4.79 Å². The zero-order valence-corrected chi connectivity index (χ0v) is 21.5. The Hall–Kier alpha value is -3.22. The summed E-state index contributed by atoms with van der Waals surface area (Å²) in [5.74, 6) is 1.34. The molecule has 1 aliphatic carbocycles. The summed E-state index contributed by atoms with van der Waals surface area (Å²) in [7, 11) is 0. The van der Waals surface area contributed by atoms with Crippen LogP contribution in [0.1, 0.15) is 50.0 Å². The molecule has 2 N–H and O–H groups in total. The van der Waals surface area contributed by atoms with E-state index in [0.29, 0.717) is 28.5 Å². The largest absolute Gasteiger partial charge is 0.508 e. The lowest BCUT2D eigenvalue weighted by Crippen LogP contribution is -2.47. The van der Waals surface area contributed by atoms with Gasteiger partial charge in [0.05, 0.1) is 12.6 Å². The fourth-order valence-electron chi connectivity index (χ4n) is 4.43. The van der Waals surface area contributed by atoms with Crippen molar-refractivity contribution in [2.75, 3.05) is 6.54 Å². The van der Waals surface area contributed by atoms with Gasteiger partial charge in [-0.15, -0.1) is 0 Å². The Labute approximate surface area is 217 Å². The first kappa shape index (κ1) is 25.9. The molecule has 0 unspecified atom stereocenters. The van der Waals surface area contributed by atoms with Crippen molar-refractivity contribution in [1.82, 2.24) is 4.90 Å². The fraction of sp³-hybridized carbons (Fsp3) is 0.345. The monoisotopic (exact) mass is 509 g/mol. The van der Waals surface area contributed by atoms with E-state index >= 15 is 0 Å². The number of aromatic hydroxyl groups is 1. The summed E-state index contributed by atoms with van der Waals surface area (Å²) in [6, 6.07) is 19.5. The zero-order valence-electron chi connectivity index (χ0n) is 20.8. The van der Waals surface area contributed by atoms with Crippen molar-refractivity contribution >= 4 is 17.7 Å². The van der Waals surface area contributed by atoms with E-state index in [1.807, 2.05) is 39.0 Å². The molecule has 0 heterocycles. The summed E-state index contributed by atoms with van der Waals surface area (Å²) in [5.41, 5.74) is 2.27. The van der Waals surface area contributed by atoms with Crippen LogP contribution in [0.25, 0.3) is 0 Å². The van der Waals surface area contributed by atoms with E-state index in [1.165, 1.54) is 5.56 Å². The van der Waals surface area contributed by atoms with E-state index < -0.39 is 17.8 Å². The van der Waals surface area contributed by atoms with E-state index in [9.17, 15) is 15.0 Å². The molecule has 1 aliphatic rings. The van der Waals surface area contributed by atoms with Crippen LogP contribution in [0, 0.1) is 0 Å². The lowest BCUT2D eigenvalue weighted by atomic mass is 9.87. The number of amides is 1. The predicted molar refractivity (Wildman–Crippen MR) is 140 cm³/mol. The van der Waals surface area contributed by atoms with Gasteiger partial charge in [-0.1, -0.05) is 35.9 Å². The molecule has 0 spiro atoms. The Morgan fingerprint density at radius 1 is 1.06 bits per heavy atom. The number of carbonyl (C=O) groups excluding carboxylic acids is 1. The molecule has 0 saturated carbocycles. The summed E-state index contributed by atoms with van der Waals surface area (Å²) in [5, 5.41) is 21.2. The van der Waals surface area contributed by atoms with E-state index in [-0.39, 0.29) is 18.3 Å². The molecule has 36 heavy (non-hydrogen) atoms. The second kappa shape index (κ2) is 10.8. The van der Waals surface area contributed by atoms with Crippen LogP contribution >= 0.6 is 11.6 Å². The van der Waals surface area contributed by atoms with E-state index in [1.54, 1.807) is 53.4 Å². The maximum absolute atomic E-state index is 13.3. The highest BCUT2D eigenvalue weighted by Gasteiger charge is 2.33. The molecule has 0 aliphatic heterocycles. The number of ether oxygens (including phenoxy) is 2. The summed E-state index contributed by atoms with van der Waals surface area (Å²) in [4.78, 5) is 14.9. The SMILES string of the molecule is CC(C)(C)OC(=O)N(C[C@@H](O)c1cccc(Cl)c1)[C@H]1CCc2ccc(Oc3cccc(O)c3)cc2C1. The van der Waals surface area contributed by atoms with Crippen LogP contribution in [0.2, 0.25) is 5.02 Å². The van der Waals surface area contributed by atoms with Gasteiger partial charge in [-0.05, 0) is 93.1 Å². The van der Waals surface area contributed by atoms with Gasteiger partial charge in [-0.25, -0.2) is 4.79 Å². The lowest BCUT2D eigenvalue weighted by Gasteiger charge is -2.37. The molecule has 0 saturated heterocycles. The van der Waals surface area contributed by atoms with Crippen molar-refractivity contribution < 1.29 is 24.5 Å². The van der Waals surface area contributed by atoms with Crippen LogP contribution in [0.3, 0.4) is 0 Å².